The number of carboxylic acids is 4. The number of aliphatic carboxylic acids is 4. The molecular weight excluding hydrogens is 964 g/mol. The van der Waals surface area contributed by atoms with E-state index >= 15 is 0 Å². The van der Waals surface area contributed by atoms with Gasteiger partial charge < -0.3 is 20.4 Å². The quantitative estimate of drug-likeness (QED) is 0.109. The van der Waals surface area contributed by atoms with Crippen LogP contribution in [0.1, 0.15) is 27.7 Å². The Morgan fingerprint density at radius 3 is 0.457 bits per heavy atom. The molecule has 0 aromatic carbocycles. The molecule has 0 aliphatic rings. The van der Waals surface area contributed by atoms with E-state index in [2.05, 4.69) is 0 Å². The first-order chi connectivity index (χ1) is 15.1. The van der Waals surface area contributed by atoms with Crippen LogP contribution in [0.15, 0.2) is 97.2 Å². The average molecular weight is 1010 g/mol. The first-order valence-electron chi connectivity index (χ1n) is 9.18. The summed E-state index contributed by atoms with van der Waals surface area (Å²) in [5, 5.41) is 32.1. The van der Waals surface area contributed by atoms with Gasteiger partial charge in [-0.3, -0.25) is 0 Å². The van der Waals surface area contributed by atoms with Crippen LogP contribution in [-0.4, -0.2) is 764 Å². The van der Waals surface area contributed by atoms with Crippen LogP contribution < -0.4 is 0 Å². The van der Waals surface area contributed by atoms with Gasteiger partial charge in [-0.25, -0.2) is 19.2 Å². The molecule has 0 saturated carbocycles. The van der Waals surface area contributed by atoms with Gasteiger partial charge in [-0.05, 0) is 27.7 Å². The van der Waals surface area contributed by atoms with E-state index < -0.39 is 23.9 Å². The van der Waals surface area contributed by atoms with E-state index in [-0.39, 0.29) is 719 Å². The molecule has 46 heavy (non-hydrogen) atoms. The van der Waals surface area contributed by atoms with Crippen LogP contribution in [-0.2, 0) is 19.2 Å². The summed E-state index contributed by atoms with van der Waals surface area (Å²) < 4.78 is 0. The second-order valence-electron chi connectivity index (χ2n) is 4.89. The average Bonchev–Trinajstić information content (AvgIpc) is 2.69. The third-order valence-electron chi connectivity index (χ3n) is 2.17. The van der Waals surface area contributed by atoms with Crippen LogP contribution in [0.4, 0.5) is 0 Å². The van der Waals surface area contributed by atoms with Gasteiger partial charge in [0.15, 0.2) is 0 Å². The number of rotatable bonds is 8. The first kappa shape index (κ1) is 120. The number of allylic oxidation sites excluding steroid dienone is 12. The van der Waals surface area contributed by atoms with E-state index in [9.17, 15) is 19.2 Å². The van der Waals surface area contributed by atoms with Crippen molar-refractivity contribution in [1.29, 1.82) is 0 Å². The van der Waals surface area contributed by atoms with Gasteiger partial charge in [0.1, 0.15) is 0 Å². The molecule has 4 N–H and O–H groups in total. The summed E-state index contributed by atoms with van der Waals surface area (Å²) in [6.45, 7) is 7.30. The van der Waals surface area contributed by atoms with Crippen LogP contribution in [0.3, 0.4) is 0 Å². The molecule has 0 saturated heterocycles. The molecule has 0 rings (SSSR count). The standard InChI is InChI=1S/4C6H8O2.14K.14H/c4*1-2-3-4-5-6(7)8;;;;;;;;;;;;;;;;;;;;;;;;;;;;/h4*2-5H,1H3,(H,7,8);;;;;;;;;;;;;;;;;;;;;;;;;;;;. The van der Waals surface area contributed by atoms with Gasteiger partial charge in [-0.1, -0.05) is 72.9 Å². The fraction of sp³-hybridized carbons (Fsp3) is 0.167. The third-order valence-corrected chi connectivity index (χ3v) is 2.17. The van der Waals surface area contributed by atoms with E-state index in [1.165, 1.54) is 24.3 Å². The summed E-state index contributed by atoms with van der Waals surface area (Å²) in [6, 6.07) is 0. The van der Waals surface area contributed by atoms with Crippen molar-refractivity contribution in [2.75, 3.05) is 0 Å². The second kappa shape index (κ2) is 115. The van der Waals surface area contributed by atoms with E-state index in [1.807, 2.05) is 27.7 Å². The molecular formula is C24H46K14O8. The van der Waals surface area contributed by atoms with Crippen molar-refractivity contribution in [2.45, 2.75) is 27.7 Å². The van der Waals surface area contributed by atoms with Crippen molar-refractivity contribution in [2.24, 2.45) is 0 Å². The zero-order chi connectivity index (χ0) is 25.6. The van der Waals surface area contributed by atoms with E-state index in [0.29, 0.717) is 0 Å². The minimum absolute atomic E-state index is 0. The Balaban J connectivity index is -0.0000000129. The number of carbonyl (C=O) groups is 4. The van der Waals surface area contributed by atoms with E-state index in [0.717, 1.165) is 24.3 Å². The molecule has 0 bridgehead atoms. The molecule has 0 atom stereocenters. The third kappa shape index (κ3) is 159. The Kier molecular flexibility index (Phi) is 301. The zero-order valence-corrected chi connectivity index (χ0v) is 18.7. The van der Waals surface area contributed by atoms with Gasteiger partial charge in [0.25, 0.3) is 0 Å². The van der Waals surface area contributed by atoms with Gasteiger partial charge in [0, 0.05) is 24.3 Å². The van der Waals surface area contributed by atoms with Gasteiger partial charge in [-0.2, -0.15) is 0 Å². The summed E-state index contributed by atoms with van der Waals surface area (Å²) in [5.74, 6) is -3.66. The Hall–Kier alpha value is 18.7. The van der Waals surface area contributed by atoms with Crippen LogP contribution in [0, 0.1) is 0 Å². The zero-order valence-electron chi connectivity index (χ0n) is 18.7. The van der Waals surface area contributed by atoms with Crippen molar-refractivity contribution in [3.8, 4) is 0 Å². The SMILES string of the molecule is CC=CC=CC(=O)O.CC=CC=CC(=O)O.CC=CC=CC(=O)O.CC=CC=CC(=O)O.[KH].[KH].[KH].[KH].[KH].[KH].[KH].[KH].[KH].[KH].[KH].[KH].[KH].[KH]. The molecule has 22 heteroatoms. The van der Waals surface area contributed by atoms with Gasteiger partial charge >= 0.3 is 743 Å². The van der Waals surface area contributed by atoms with Crippen molar-refractivity contribution in [3.63, 3.8) is 0 Å². The maximum atomic E-state index is 9.75. The molecule has 0 aliphatic heterocycles. The molecule has 0 aromatic heterocycles. The van der Waals surface area contributed by atoms with Crippen molar-refractivity contribution in [3.05, 3.63) is 97.2 Å². The summed E-state index contributed by atoms with van der Waals surface area (Å²) in [6.07, 6.45) is 23.9. The van der Waals surface area contributed by atoms with Gasteiger partial charge in [0.2, 0.25) is 0 Å². The van der Waals surface area contributed by atoms with E-state index in [1.54, 1.807) is 48.6 Å². The molecule has 0 amide bonds. The van der Waals surface area contributed by atoms with Crippen LogP contribution >= 0.6 is 0 Å². The van der Waals surface area contributed by atoms with Gasteiger partial charge in [0.05, 0.1) is 0 Å². The molecule has 8 nitrogen and oxygen atoms in total. The Morgan fingerprint density at radius 2 is 0.391 bits per heavy atom. The van der Waals surface area contributed by atoms with Crippen molar-refractivity contribution in [1.82, 2.24) is 0 Å². The summed E-state index contributed by atoms with van der Waals surface area (Å²) in [7, 11) is 0. The molecule has 0 fully saturated rings. The fourth-order valence-corrected chi connectivity index (χ4v) is 0.996. The van der Waals surface area contributed by atoms with Crippen LogP contribution in [0.5, 0.6) is 0 Å². The Bertz CT molecular complexity index is 659. The molecule has 0 aromatic rings. The predicted octanol–water partition coefficient (Wildman–Crippen LogP) is -4.27. The van der Waals surface area contributed by atoms with E-state index in [4.69, 9.17) is 20.4 Å². The molecule has 0 radical (unpaired) electrons. The summed E-state index contributed by atoms with van der Waals surface area (Å²) >= 11 is 0. The first-order valence-corrected chi connectivity index (χ1v) is 9.18. The number of hydrogen-bond donors (Lipinski definition) is 4. The maximum absolute atomic E-state index is 9.75. The van der Waals surface area contributed by atoms with Crippen molar-refractivity contribution < 1.29 is 39.6 Å². The number of carboxylic acid groups (broad SMARTS) is 4. The van der Waals surface area contributed by atoms with Crippen molar-refractivity contribution >= 4 is 743 Å². The normalized spacial score (nSPS) is 7.74. The topological polar surface area (TPSA) is 149 Å². The monoisotopic (exact) mass is 1010 g/mol. The minimum atomic E-state index is -0.914. The molecule has 0 heterocycles. The Morgan fingerprint density at radius 1 is 0.283 bits per heavy atom. The van der Waals surface area contributed by atoms with Crippen LogP contribution in [0.2, 0.25) is 0 Å². The molecule has 0 unspecified atom stereocenters. The second-order valence-corrected chi connectivity index (χ2v) is 4.89. The predicted molar refractivity (Wildman–Crippen MR) is 226 cm³/mol. The molecule has 0 aliphatic carbocycles. The molecule has 0 spiro atoms. The Labute approximate surface area is 873 Å². The molecule has 204 valence electrons. The number of hydrogen-bond acceptors (Lipinski definition) is 4. The summed E-state index contributed by atoms with van der Waals surface area (Å²) in [5.41, 5.74) is 0. The van der Waals surface area contributed by atoms with Gasteiger partial charge in [-0.15, -0.1) is 0 Å². The van der Waals surface area contributed by atoms with Crippen LogP contribution in [0.25, 0.3) is 0 Å². The summed E-state index contributed by atoms with van der Waals surface area (Å²) in [4.78, 5) is 39.0. The fourth-order valence-electron chi connectivity index (χ4n) is 0.996.